The van der Waals surface area contributed by atoms with Gasteiger partial charge in [0.15, 0.2) is 0 Å². The van der Waals surface area contributed by atoms with Gasteiger partial charge >= 0.3 is 0 Å². The molecule has 23 heavy (non-hydrogen) atoms. The number of pyridine rings is 1. The Balaban J connectivity index is 1.46. The van der Waals surface area contributed by atoms with Gasteiger partial charge in [-0.25, -0.2) is 0 Å². The molecule has 0 spiro atoms. The summed E-state index contributed by atoms with van der Waals surface area (Å²) >= 11 is 0. The summed E-state index contributed by atoms with van der Waals surface area (Å²) in [5, 5.41) is 2.92. The molecule has 4 nitrogen and oxygen atoms in total. The molecule has 0 radical (unpaired) electrons. The van der Waals surface area contributed by atoms with Gasteiger partial charge in [-0.1, -0.05) is 6.07 Å². The first-order valence-corrected chi connectivity index (χ1v) is 8.25. The molecule has 3 rings (SSSR count). The van der Waals surface area contributed by atoms with Crippen LogP contribution in [0.2, 0.25) is 0 Å². The maximum atomic E-state index is 12.0. The average molecular weight is 310 g/mol. The summed E-state index contributed by atoms with van der Waals surface area (Å²) < 4.78 is 5.92. The SMILES string of the molecule is O=C(CCc1cccnc1)Nc1ccc(OC2CCCC2)cc1. The van der Waals surface area contributed by atoms with E-state index in [0.717, 1.165) is 29.8 Å². The average Bonchev–Trinajstić information content (AvgIpc) is 3.09. The maximum absolute atomic E-state index is 12.0. The number of nitrogens with one attached hydrogen (secondary N) is 1. The minimum atomic E-state index is 0.0123. The topological polar surface area (TPSA) is 51.2 Å². The molecule has 1 aromatic carbocycles. The fourth-order valence-electron chi connectivity index (χ4n) is 2.84. The Hall–Kier alpha value is -2.36. The second-order valence-corrected chi connectivity index (χ2v) is 5.96. The third kappa shape index (κ3) is 4.81. The highest BCUT2D eigenvalue weighted by molar-refractivity contribution is 5.90. The Morgan fingerprint density at radius 3 is 2.65 bits per heavy atom. The third-order valence-corrected chi connectivity index (χ3v) is 4.11. The van der Waals surface area contributed by atoms with E-state index in [2.05, 4.69) is 10.3 Å². The van der Waals surface area contributed by atoms with Crippen molar-refractivity contribution in [1.29, 1.82) is 0 Å². The van der Waals surface area contributed by atoms with Crippen molar-refractivity contribution in [2.45, 2.75) is 44.6 Å². The van der Waals surface area contributed by atoms with Crippen LogP contribution < -0.4 is 10.1 Å². The molecule has 0 bridgehead atoms. The highest BCUT2D eigenvalue weighted by Gasteiger charge is 2.16. The van der Waals surface area contributed by atoms with E-state index in [1.165, 1.54) is 12.8 Å². The summed E-state index contributed by atoms with van der Waals surface area (Å²) in [5.74, 6) is 0.892. The minimum absolute atomic E-state index is 0.0123. The van der Waals surface area contributed by atoms with Gasteiger partial charge in [0.1, 0.15) is 5.75 Å². The molecule has 1 fully saturated rings. The number of amides is 1. The molecule has 1 aromatic heterocycles. The number of aromatic nitrogens is 1. The summed E-state index contributed by atoms with van der Waals surface area (Å²) in [6.07, 6.45) is 9.84. The number of nitrogens with zero attached hydrogens (tertiary/aromatic N) is 1. The van der Waals surface area contributed by atoms with Crippen molar-refractivity contribution in [2.24, 2.45) is 0 Å². The van der Waals surface area contributed by atoms with Gasteiger partial charge in [-0.15, -0.1) is 0 Å². The number of rotatable bonds is 6. The highest BCUT2D eigenvalue weighted by Crippen LogP contribution is 2.25. The van der Waals surface area contributed by atoms with Crippen LogP contribution in [-0.2, 0) is 11.2 Å². The monoisotopic (exact) mass is 310 g/mol. The number of carbonyl (C=O) groups is 1. The van der Waals surface area contributed by atoms with Gasteiger partial charge in [-0.3, -0.25) is 9.78 Å². The largest absolute Gasteiger partial charge is 0.490 e. The van der Waals surface area contributed by atoms with Crippen LogP contribution in [0.4, 0.5) is 5.69 Å². The second-order valence-electron chi connectivity index (χ2n) is 5.96. The van der Waals surface area contributed by atoms with Crippen molar-refractivity contribution in [1.82, 2.24) is 4.98 Å². The first kappa shape index (κ1) is 15.5. The number of aryl methyl sites for hydroxylation is 1. The smallest absolute Gasteiger partial charge is 0.224 e. The van der Waals surface area contributed by atoms with Gasteiger partial charge in [0.05, 0.1) is 6.10 Å². The standard InChI is InChI=1S/C19H22N2O2/c22-19(12-7-15-4-3-13-20-14-15)21-16-8-10-18(11-9-16)23-17-5-1-2-6-17/h3-4,8-11,13-14,17H,1-2,5-7,12H2,(H,21,22). The summed E-state index contributed by atoms with van der Waals surface area (Å²) in [4.78, 5) is 16.0. The van der Waals surface area contributed by atoms with Crippen LogP contribution in [0.1, 0.15) is 37.7 Å². The molecule has 0 saturated heterocycles. The Morgan fingerprint density at radius 1 is 1.17 bits per heavy atom. The molecular weight excluding hydrogens is 288 g/mol. The van der Waals surface area contributed by atoms with Gasteiger partial charge in [0.2, 0.25) is 5.91 Å². The summed E-state index contributed by atoms with van der Waals surface area (Å²) in [7, 11) is 0. The molecule has 0 unspecified atom stereocenters. The van der Waals surface area contributed by atoms with Crippen molar-refractivity contribution < 1.29 is 9.53 Å². The van der Waals surface area contributed by atoms with Gasteiger partial charge in [-0.2, -0.15) is 0 Å². The number of ether oxygens (including phenoxy) is 1. The van der Waals surface area contributed by atoms with Crippen LogP contribution in [0.25, 0.3) is 0 Å². The zero-order chi connectivity index (χ0) is 15.9. The van der Waals surface area contributed by atoms with Gasteiger partial charge in [0.25, 0.3) is 0 Å². The molecule has 1 N–H and O–H groups in total. The van der Waals surface area contributed by atoms with E-state index in [4.69, 9.17) is 4.74 Å². The highest BCUT2D eigenvalue weighted by atomic mass is 16.5. The lowest BCUT2D eigenvalue weighted by Crippen LogP contribution is -2.13. The predicted molar refractivity (Wildman–Crippen MR) is 90.5 cm³/mol. The molecule has 1 amide bonds. The van der Waals surface area contributed by atoms with Gasteiger partial charge in [-0.05, 0) is 68.0 Å². The van der Waals surface area contributed by atoms with Gasteiger partial charge in [0, 0.05) is 24.5 Å². The lowest BCUT2D eigenvalue weighted by atomic mass is 10.1. The Morgan fingerprint density at radius 2 is 1.96 bits per heavy atom. The van der Waals surface area contributed by atoms with Crippen LogP contribution in [0.5, 0.6) is 5.75 Å². The fraction of sp³-hybridized carbons (Fsp3) is 0.368. The first-order valence-electron chi connectivity index (χ1n) is 8.25. The first-order chi connectivity index (χ1) is 11.3. The van der Waals surface area contributed by atoms with Crippen molar-refractivity contribution in [3.63, 3.8) is 0 Å². The van der Waals surface area contributed by atoms with Crippen LogP contribution in [0.3, 0.4) is 0 Å². The van der Waals surface area contributed by atoms with E-state index >= 15 is 0 Å². The third-order valence-electron chi connectivity index (χ3n) is 4.11. The summed E-state index contributed by atoms with van der Waals surface area (Å²) in [6.45, 7) is 0. The predicted octanol–water partition coefficient (Wildman–Crippen LogP) is 3.97. The quantitative estimate of drug-likeness (QED) is 0.878. The van der Waals surface area contributed by atoms with Crippen LogP contribution >= 0.6 is 0 Å². The van der Waals surface area contributed by atoms with Crippen molar-refractivity contribution in [2.75, 3.05) is 5.32 Å². The molecule has 1 aliphatic rings. The summed E-state index contributed by atoms with van der Waals surface area (Å²) in [5.41, 5.74) is 1.88. The van der Waals surface area contributed by atoms with E-state index in [9.17, 15) is 4.79 Å². The molecule has 120 valence electrons. The molecule has 0 atom stereocenters. The van der Waals surface area contributed by atoms with Crippen molar-refractivity contribution in [3.05, 3.63) is 54.4 Å². The zero-order valence-electron chi connectivity index (χ0n) is 13.2. The lowest BCUT2D eigenvalue weighted by molar-refractivity contribution is -0.116. The summed E-state index contributed by atoms with van der Waals surface area (Å²) in [6, 6.07) is 11.5. The van der Waals surface area contributed by atoms with Crippen molar-refractivity contribution in [3.8, 4) is 5.75 Å². The minimum Gasteiger partial charge on any atom is -0.490 e. The molecule has 0 aliphatic heterocycles. The van der Waals surface area contributed by atoms with Crippen LogP contribution in [-0.4, -0.2) is 17.0 Å². The second kappa shape index (κ2) is 7.77. The van der Waals surface area contributed by atoms with E-state index in [0.29, 0.717) is 18.9 Å². The van der Waals surface area contributed by atoms with E-state index < -0.39 is 0 Å². The molecule has 1 saturated carbocycles. The number of carbonyl (C=O) groups excluding carboxylic acids is 1. The molecular formula is C19H22N2O2. The molecule has 1 aliphatic carbocycles. The fourth-order valence-corrected chi connectivity index (χ4v) is 2.84. The van der Waals surface area contributed by atoms with Gasteiger partial charge < -0.3 is 10.1 Å². The van der Waals surface area contributed by atoms with E-state index in [-0.39, 0.29) is 5.91 Å². The van der Waals surface area contributed by atoms with Crippen LogP contribution in [0, 0.1) is 0 Å². The lowest BCUT2D eigenvalue weighted by Gasteiger charge is -2.13. The number of hydrogen-bond acceptors (Lipinski definition) is 3. The maximum Gasteiger partial charge on any atom is 0.224 e. The molecule has 2 aromatic rings. The normalized spacial score (nSPS) is 14.6. The number of anilines is 1. The number of hydrogen-bond donors (Lipinski definition) is 1. The van der Waals surface area contributed by atoms with Crippen molar-refractivity contribution >= 4 is 11.6 Å². The molecule has 4 heteroatoms. The Labute approximate surface area is 136 Å². The van der Waals surface area contributed by atoms with E-state index in [1.807, 2.05) is 36.4 Å². The van der Waals surface area contributed by atoms with E-state index in [1.54, 1.807) is 12.4 Å². The zero-order valence-corrected chi connectivity index (χ0v) is 13.2. The molecule has 1 heterocycles. The van der Waals surface area contributed by atoms with Crippen LogP contribution in [0.15, 0.2) is 48.8 Å². The Kier molecular flexibility index (Phi) is 5.25. The Bertz CT molecular complexity index is 620. The number of benzene rings is 1.